The number of hydrogen-bond acceptors (Lipinski definition) is 5. The van der Waals surface area contributed by atoms with Gasteiger partial charge in [0.15, 0.2) is 0 Å². The van der Waals surface area contributed by atoms with Crippen LogP contribution in [0.15, 0.2) is 36.5 Å². The Morgan fingerprint density at radius 3 is 2.78 bits per heavy atom. The van der Waals surface area contributed by atoms with Crippen LogP contribution in [0, 0.1) is 5.82 Å². The number of ether oxygens (including phenoxy) is 1. The molecule has 1 amide bonds. The maximum Gasteiger partial charge on any atom is 0.257 e. The molecule has 32 heavy (non-hydrogen) atoms. The van der Waals surface area contributed by atoms with Crippen molar-refractivity contribution in [1.29, 1.82) is 0 Å². The largest absolute Gasteiger partial charge is 0.378 e. The molecule has 0 saturated carbocycles. The summed E-state index contributed by atoms with van der Waals surface area (Å²) in [5.74, 6) is -0.538. The lowest BCUT2D eigenvalue weighted by Gasteiger charge is -2.08. The number of fused-ring (bicyclic) bond motifs is 1. The van der Waals surface area contributed by atoms with E-state index >= 15 is 0 Å². The fourth-order valence-electron chi connectivity index (χ4n) is 3.52. The van der Waals surface area contributed by atoms with Crippen LogP contribution in [-0.4, -0.2) is 41.5 Å². The molecule has 0 aliphatic carbocycles. The van der Waals surface area contributed by atoms with Crippen molar-refractivity contribution in [3.63, 3.8) is 0 Å². The molecule has 0 unspecified atom stereocenters. The zero-order valence-electron chi connectivity index (χ0n) is 18.3. The molecular formula is C22H27FN4O4S. The average Bonchev–Trinajstić information content (AvgIpc) is 3.26. The van der Waals surface area contributed by atoms with E-state index < -0.39 is 15.9 Å². The third kappa shape index (κ3) is 5.43. The second-order valence-corrected chi connectivity index (χ2v) is 9.30. The van der Waals surface area contributed by atoms with Crippen molar-refractivity contribution in [3.05, 3.63) is 53.6 Å². The van der Waals surface area contributed by atoms with Crippen molar-refractivity contribution < 1.29 is 22.3 Å². The molecule has 0 bridgehead atoms. The summed E-state index contributed by atoms with van der Waals surface area (Å²) in [7, 11) is -0.413. The van der Waals surface area contributed by atoms with Crippen LogP contribution >= 0.6 is 0 Å². The van der Waals surface area contributed by atoms with E-state index in [4.69, 9.17) is 4.74 Å². The van der Waals surface area contributed by atoms with Gasteiger partial charge in [-0.1, -0.05) is 19.8 Å². The Bertz CT molecular complexity index is 1240. The number of halogens is 1. The number of hydrogen-bond donors (Lipinski definition) is 1. The lowest BCUT2D eigenvalue weighted by Crippen LogP contribution is -2.31. The maximum atomic E-state index is 13.6. The molecule has 0 fully saturated rings. The van der Waals surface area contributed by atoms with Gasteiger partial charge >= 0.3 is 0 Å². The summed E-state index contributed by atoms with van der Waals surface area (Å²) in [5, 5.41) is 5.19. The minimum absolute atomic E-state index is 0.0978. The summed E-state index contributed by atoms with van der Waals surface area (Å²) in [6.45, 7) is 2.17. The van der Waals surface area contributed by atoms with Crippen LogP contribution in [0.1, 0.15) is 37.4 Å². The Labute approximate surface area is 186 Å². The van der Waals surface area contributed by atoms with E-state index in [2.05, 4.69) is 9.82 Å². The van der Waals surface area contributed by atoms with E-state index in [1.807, 2.05) is 11.5 Å². The Morgan fingerprint density at radius 1 is 1.28 bits per heavy atom. The van der Waals surface area contributed by atoms with Gasteiger partial charge in [-0.25, -0.2) is 17.5 Å². The van der Waals surface area contributed by atoms with Crippen LogP contribution in [0.5, 0.6) is 0 Å². The Balaban J connectivity index is 1.94. The summed E-state index contributed by atoms with van der Waals surface area (Å²) < 4.78 is 48.6. The molecule has 0 atom stereocenters. The summed E-state index contributed by atoms with van der Waals surface area (Å²) in [6, 6.07) is 6.25. The van der Waals surface area contributed by atoms with Gasteiger partial charge in [0, 0.05) is 37.4 Å². The van der Waals surface area contributed by atoms with E-state index in [-0.39, 0.29) is 18.2 Å². The standard InChI is InChI=1S/C22H27FN4O4S/c1-4-5-6-13-32(29,30)25-21(28)10-8-18-19(15-31-3)24-26(2)22(18)27-12-11-16-14-17(23)7-9-20(16)27/h7-12,14H,4-6,13,15H2,1-3H3,(H,25,28). The molecule has 8 nitrogen and oxygen atoms in total. The number of methoxy groups -OCH3 is 1. The smallest absolute Gasteiger partial charge is 0.257 e. The highest BCUT2D eigenvalue weighted by atomic mass is 32.2. The molecule has 3 rings (SSSR count). The summed E-state index contributed by atoms with van der Waals surface area (Å²) in [6.07, 6.45) is 6.63. The minimum Gasteiger partial charge on any atom is -0.378 e. The highest BCUT2D eigenvalue weighted by molar-refractivity contribution is 7.90. The third-order valence-electron chi connectivity index (χ3n) is 4.96. The molecule has 1 N–H and O–H groups in total. The van der Waals surface area contributed by atoms with Gasteiger partial charge in [0.25, 0.3) is 5.91 Å². The van der Waals surface area contributed by atoms with Gasteiger partial charge in [0.2, 0.25) is 10.0 Å². The first kappa shape index (κ1) is 23.7. The van der Waals surface area contributed by atoms with Crippen LogP contribution in [0.25, 0.3) is 22.8 Å². The zero-order chi connectivity index (χ0) is 23.3. The van der Waals surface area contributed by atoms with Gasteiger partial charge in [-0.15, -0.1) is 0 Å². The Kier molecular flexibility index (Phi) is 7.47. The van der Waals surface area contributed by atoms with Gasteiger partial charge < -0.3 is 9.30 Å². The first-order chi connectivity index (χ1) is 15.3. The molecule has 2 aromatic heterocycles. The number of rotatable bonds is 10. The predicted molar refractivity (Wildman–Crippen MR) is 121 cm³/mol. The van der Waals surface area contributed by atoms with Crippen molar-refractivity contribution in [3.8, 4) is 5.82 Å². The molecule has 0 saturated heterocycles. The second kappa shape index (κ2) is 10.1. The maximum absolute atomic E-state index is 13.6. The van der Waals surface area contributed by atoms with E-state index in [1.165, 1.54) is 31.4 Å². The molecule has 10 heteroatoms. The first-order valence-electron chi connectivity index (χ1n) is 10.3. The van der Waals surface area contributed by atoms with Crippen molar-refractivity contribution in [2.45, 2.75) is 32.8 Å². The fraction of sp³-hybridized carbons (Fsp3) is 0.364. The first-order valence-corrected chi connectivity index (χ1v) is 11.9. The number of carbonyl (C=O) groups excluding carboxylic acids is 1. The van der Waals surface area contributed by atoms with Crippen LogP contribution in [-0.2, 0) is 33.2 Å². The number of unbranched alkanes of at least 4 members (excludes halogenated alkanes) is 2. The highest BCUT2D eigenvalue weighted by Crippen LogP contribution is 2.26. The Hall–Kier alpha value is -2.98. The van der Waals surface area contributed by atoms with Crippen LogP contribution in [0.3, 0.4) is 0 Å². The number of sulfonamides is 1. The normalized spacial score (nSPS) is 12.1. The number of aryl methyl sites for hydroxylation is 1. The van der Waals surface area contributed by atoms with Crippen molar-refractivity contribution in [2.24, 2.45) is 7.05 Å². The van der Waals surface area contributed by atoms with Crippen LogP contribution in [0.4, 0.5) is 4.39 Å². The quantitative estimate of drug-likeness (QED) is 0.368. The van der Waals surface area contributed by atoms with Crippen LogP contribution in [0.2, 0.25) is 0 Å². The molecule has 0 radical (unpaired) electrons. The van der Waals surface area contributed by atoms with E-state index in [9.17, 15) is 17.6 Å². The number of carbonyl (C=O) groups is 1. The van der Waals surface area contributed by atoms with E-state index in [0.29, 0.717) is 28.9 Å². The molecule has 0 aliphatic rings. The SMILES string of the molecule is CCCCCS(=O)(=O)NC(=O)C=Cc1c(COC)nn(C)c1-n1ccc2cc(F)ccc21. The average molecular weight is 463 g/mol. The lowest BCUT2D eigenvalue weighted by molar-refractivity contribution is -0.114. The molecule has 172 valence electrons. The van der Waals surface area contributed by atoms with Crippen molar-refractivity contribution in [2.75, 3.05) is 12.9 Å². The second-order valence-electron chi connectivity index (χ2n) is 7.46. The van der Waals surface area contributed by atoms with Gasteiger partial charge in [-0.2, -0.15) is 5.10 Å². The number of amides is 1. The zero-order valence-corrected chi connectivity index (χ0v) is 19.2. The van der Waals surface area contributed by atoms with Gasteiger partial charge in [0.05, 0.1) is 23.6 Å². The topological polar surface area (TPSA) is 95.2 Å². The summed E-state index contributed by atoms with van der Waals surface area (Å²) in [5.41, 5.74) is 1.93. The number of nitrogens with one attached hydrogen (secondary N) is 1. The Morgan fingerprint density at radius 2 is 2.06 bits per heavy atom. The molecule has 0 aliphatic heterocycles. The van der Waals surface area contributed by atoms with Crippen molar-refractivity contribution >= 4 is 32.9 Å². The highest BCUT2D eigenvalue weighted by Gasteiger charge is 2.18. The lowest BCUT2D eigenvalue weighted by atomic mass is 10.2. The molecule has 2 heterocycles. The molecule has 0 spiro atoms. The number of aromatic nitrogens is 3. The third-order valence-corrected chi connectivity index (χ3v) is 6.30. The van der Waals surface area contributed by atoms with Crippen LogP contribution < -0.4 is 4.72 Å². The predicted octanol–water partition coefficient (Wildman–Crippen LogP) is 3.30. The molecular weight excluding hydrogens is 435 g/mol. The number of benzene rings is 1. The molecule has 3 aromatic rings. The molecule has 1 aromatic carbocycles. The van der Waals surface area contributed by atoms with E-state index in [1.54, 1.807) is 30.1 Å². The van der Waals surface area contributed by atoms with E-state index in [0.717, 1.165) is 18.4 Å². The van der Waals surface area contributed by atoms with Gasteiger partial charge in [0.1, 0.15) is 11.6 Å². The van der Waals surface area contributed by atoms with Gasteiger partial charge in [-0.3, -0.25) is 9.48 Å². The summed E-state index contributed by atoms with van der Waals surface area (Å²) in [4.78, 5) is 12.3. The minimum atomic E-state index is -3.70. The summed E-state index contributed by atoms with van der Waals surface area (Å²) >= 11 is 0. The fourth-order valence-corrected chi connectivity index (χ4v) is 4.58. The van der Waals surface area contributed by atoms with Gasteiger partial charge in [-0.05, 0) is 36.8 Å². The van der Waals surface area contributed by atoms with Crippen molar-refractivity contribution in [1.82, 2.24) is 19.1 Å². The monoisotopic (exact) mass is 462 g/mol. The number of nitrogens with zero attached hydrogens (tertiary/aromatic N) is 3.